The molecule has 1 amide bonds. The van der Waals surface area contributed by atoms with E-state index in [0.717, 1.165) is 0 Å². The molecule has 2 atom stereocenters. The number of nitrogens with one attached hydrogen (secondary N) is 1. The van der Waals surface area contributed by atoms with Crippen molar-refractivity contribution in [1.82, 2.24) is 5.32 Å². The molecule has 0 spiro atoms. The first-order valence-corrected chi connectivity index (χ1v) is 5.93. The number of rotatable bonds is 3. The Hall–Kier alpha value is -1.62. The summed E-state index contributed by atoms with van der Waals surface area (Å²) < 4.78 is 18.5. The van der Waals surface area contributed by atoms with Crippen LogP contribution in [0.15, 0.2) is 18.2 Å². The zero-order valence-corrected chi connectivity index (χ0v) is 10.1. The number of carbonyl (C=O) groups is 1. The first-order valence-electron chi connectivity index (χ1n) is 5.93. The topological polar surface area (TPSA) is 58.6 Å². The van der Waals surface area contributed by atoms with Gasteiger partial charge < -0.3 is 15.2 Å². The van der Waals surface area contributed by atoms with Gasteiger partial charge in [0.2, 0.25) is 5.91 Å². The van der Waals surface area contributed by atoms with Crippen molar-refractivity contribution in [2.75, 3.05) is 13.2 Å². The van der Waals surface area contributed by atoms with Crippen LogP contribution in [-0.4, -0.2) is 30.3 Å². The van der Waals surface area contributed by atoms with Gasteiger partial charge in [-0.1, -0.05) is 0 Å². The molecule has 18 heavy (non-hydrogen) atoms. The van der Waals surface area contributed by atoms with E-state index in [1.165, 1.54) is 12.1 Å². The second kappa shape index (κ2) is 5.35. The van der Waals surface area contributed by atoms with Crippen molar-refractivity contribution >= 4 is 5.91 Å². The van der Waals surface area contributed by atoms with Crippen LogP contribution in [0.2, 0.25) is 0 Å². The van der Waals surface area contributed by atoms with Gasteiger partial charge in [0.25, 0.3) is 0 Å². The van der Waals surface area contributed by atoms with Crippen LogP contribution in [0.25, 0.3) is 0 Å². The molecular formula is C13H16FNO3. The first-order chi connectivity index (χ1) is 8.56. The zero-order valence-electron chi connectivity index (χ0n) is 10.1. The molecule has 1 aromatic carbocycles. The standard InChI is InChI=1S/C13H16FNO3/c1-8(16)6-15-13(17)10-4-9-5-11(14)2-3-12(9)18-7-10/h2-3,5,8,10,16H,4,6-7H2,1H3,(H,15,17). The molecule has 0 aliphatic carbocycles. The molecule has 2 rings (SSSR count). The fourth-order valence-electron chi connectivity index (χ4n) is 1.92. The molecule has 0 radical (unpaired) electrons. The number of hydrogen-bond acceptors (Lipinski definition) is 3. The van der Waals surface area contributed by atoms with Gasteiger partial charge in [-0.05, 0) is 37.1 Å². The highest BCUT2D eigenvalue weighted by atomic mass is 19.1. The summed E-state index contributed by atoms with van der Waals surface area (Å²) in [6.07, 6.45) is -0.123. The molecule has 0 saturated carbocycles. The maximum absolute atomic E-state index is 13.1. The van der Waals surface area contributed by atoms with E-state index in [0.29, 0.717) is 17.7 Å². The molecule has 4 nitrogen and oxygen atoms in total. The molecular weight excluding hydrogens is 237 g/mol. The van der Waals surface area contributed by atoms with Gasteiger partial charge in [0.1, 0.15) is 18.2 Å². The zero-order chi connectivity index (χ0) is 13.1. The van der Waals surface area contributed by atoms with Crippen LogP contribution in [0.3, 0.4) is 0 Å². The van der Waals surface area contributed by atoms with E-state index < -0.39 is 6.10 Å². The second-order valence-electron chi connectivity index (χ2n) is 4.56. The van der Waals surface area contributed by atoms with Crippen LogP contribution in [-0.2, 0) is 11.2 Å². The highest BCUT2D eigenvalue weighted by Gasteiger charge is 2.26. The number of aliphatic hydroxyl groups is 1. The van der Waals surface area contributed by atoms with Gasteiger partial charge in [0.05, 0.1) is 12.0 Å². The lowest BCUT2D eigenvalue weighted by molar-refractivity contribution is -0.126. The molecule has 5 heteroatoms. The van der Waals surface area contributed by atoms with Crippen molar-refractivity contribution in [1.29, 1.82) is 0 Å². The van der Waals surface area contributed by atoms with E-state index in [-0.39, 0.29) is 30.8 Å². The Morgan fingerprint density at radius 1 is 1.67 bits per heavy atom. The summed E-state index contributed by atoms with van der Waals surface area (Å²) in [5.41, 5.74) is 0.707. The minimum atomic E-state index is -0.580. The third-order valence-electron chi connectivity index (χ3n) is 2.87. The molecule has 1 aliphatic heterocycles. The third kappa shape index (κ3) is 2.98. The Morgan fingerprint density at radius 3 is 3.17 bits per heavy atom. The van der Waals surface area contributed by atoms with Crippen LogP contribution in [0.5, 0.6) is 5.75 Å². The number of aliphatic hydroxyl groups excluding tert-OH is 1. The van der Waals surface area contributed by atoms with Crippen LogP contribution in [0, 0.1) is 11.7 Å². The number of fused-ring (bicyclic) bond motifs is 1. The lowest BCUT2D eigenvalue weighted by atomic mass is 9.96. The van der Waals surface area contributed by atoms with Gasteiger partial charge in [-0.15, -0.1) is 0 Å². The van der Waals surface area contributed by atoms with Crippen LogP contribution in [0.1, 0.15) is 12.5 Å². The maximum Gasteiger partial charge on any atom is 0.226 e. The number of benzene rings is 1. The number of amides is 1. The van der Waals surface area contributed by atoms with Crippen molar-refractivity contribution in [2.45, 2.75) is 19.4 Å². The molecule has 0 aromatic heterocycles. The molecule has 0 bridgehead atoms. The molecule has 1 heterocycles. The summed E-state index contributed by atoms with van der Waals surface area (Å²) in [7, 11) is 0. The van der Waals surface area contributed by atoms with E-state index >= 15 is 0 Å². The monoisotopic (exact) mass is 253 g/mol. The lowest BCUT2D eigenvalue weighted by Gasteiger charge is -2.24. The summed E-state index contributed by atoms with van der Waals surface area (Å²) in [5.74, 6) is -0.206. The van der Waals surface area contributed by atoms with Gasteiger partial charge in [-0.3, -0.25) is 4.79 Å². The van der Waals surface area contributed by atoms with Crippen LogP contribution >= 0.6 is 0 Å². The van der Waals surface area contributed by atoms with Crippen molar-refractivity contribution < 1.29 is 19.0 Å². The average Bonchev–Trinajstić information content (AvgIpc) is 2.34. The molecule has 1 aliphatic rings. The van der Waals surface area contributed by atoms with Crippen molar-refractivity contribution in [2.24, 2.45) is 5.92 Å². The fourth-order valence-corrected chi connectivity index (χ4v) is 1.92. The van der Waals surface area contributed by atoms with Crippen molar-refractivity contribution in [3.63, 3.8) is 0 Å². The summed E-state index contributed by atoms with van der Waals surface area (Å²) in [4.78, 5) is 11.8. The molecule has 0 saturated heterocycles. The largest absolute Gasteiger partial charge is 0.492 e. The Bertz CT molecular complexity index is 448. The SMILES string of the molecule is CC(O)CNC(=O)C1COc2ccc(F)cc2C1. The minimum absolute atomic E-state index is 0.175. The average molecular weight is 253 g/mol. The quantitative estimate of drug-likeness (QED) is 0.840. The van der Waals surface area contributed by atoms with E-state index in [1.807, 2.05) is 0 Å². The van der Waals surface area contributed by atoms with Gasteiger partial charge in [0, 0.05) is 6.54 Å². The molecule has 0 fully saturated rings. The van der Waals surface area contributed by atoms with Gasteiger partial charge in [0.15, 0.2) is 0 Å². The normalized spacial score (nSPS) is 19.6. The van der Waals surface area contributed by atoms with E-state index in [2.05, 4.69) is 5.32 Å². The van der Waals surface area contributed by atoms with Gasteiger partial charge in [-0.25, -0.2) is 4.39 Å². The van der Waals surface area contributed by atoms with E-state index in [4.69, 9.17) is 9.84 Å². The minimum Gasteiger partial charge on any atom is -0.492 e. The number of hydrogen-bond donors (Lipinski definition) is 2. The number of carbonyl (C=O) groups excluding carboxylic acids is 1. The first kappa shape index (κ1) is 12.8. The van der Waals surface area contributed by atoms with Crippen molar-refractivity contribution in [3.8, 4) is 5.75 Å². The Labute approximate surface area is 105 Å². The third-order valence-corrected chi connectivity index (χ3v) is 2.87. The second-order valence-corrected chi connectivity index (χ2v) is 4.56. The van der Waals surface area contributed by atoms with Gasteiger partial charge in [-0.2, -0.15) is 0 Å². The fraction of sp³-hybridized carbons (Fsp3) is 0.462. The maximum atomic E-state index is 13.1. The Kier molecular flexibility index (Phi) is 3.81. The molecule has 98 valence electrons. The molecule has 2 unspecified atom stereocenters. The predicted octanol–water partition coefficient (Wildman–Crippen LogP) is 0.874. The predicted molar refractivity (Wildman–Crippen MR) is 63.8 cm³/mol. The Balaban J connectivity index is 2.00. The summed E-state index contributed by atoms with van der Waals surface area (Å²) >= 11 is 0. The number of ether oxygens (including phenoxy) is 1. The van der Waals surface area contributed by atoms with Crippen molar-refractivity contribution in [3.05, 3.63) is 29.6 Å². The van der Waals surface area contributed by atoms with E-state index in [1.54, 1.807) is 13.0 Å². The summed E-state index contributed by atoms with van der Waals surface area (Å²) in [6.45, 7) is 2.10. The number of halogens is 1. The van der Waals surface area contributed by atoms with Gasteiger partial charge >= 0.3 is 0 Å². The molecule has 2 N–H and O–H groups in total. The van der Waals surface area contributed by atoms with Crippen LogP contribution in [0.4, 0.5) is 4.39 Å². The smallest absolute Gasteiger partial charge is 0.226 e. The highest BCUT2D eigenvalue weighted by Crippen LogP contribution is 2.27. The van der Waals surface area contributed by atoms with Crippen LogP contribution < -0.4 is 10.1 Å². The molecule has 1 aromatic rings. The Morgan fingerprint density at radius 2 is 2.44 bits per heavy atom. The lowest BCUT2D eigenvalue weighted by Crippen LogP contribution is -2.40. The summed E-state index contributed by atoms with van der Waals surface area (Å²) in [6, 6.07) is 4.31. The highest BCUT2D eigenvalue weighted by molar-refractivity contribution is 5.79. The van der Waals surface area contributed by atoms with E-state index in [9.17, 15) is 9.18 Å². The summed E-state index contributed by atoms with van der Waals surface area (Å²) in [5, 5.41) is 11.7.